The minimum Gasteiger partial charge on any atom is -0.490 e. The van der Waals surface area contributed by atoms with Crippen molar-refractivity contribution in [1.82, 2.24) is 10.3 Å². The SMILES string of the molecule is COc1ccc2c(CCNC(=O)C=Cc3ccccc3)c(C(C)=O)[nH]c2c1[N+](=O)[O-]. The molecule has 0 spiro atoms. The van der Waals surface area contributed by atoms with Gasteiger partial charge in [0.2, 0.25) is 5.91 Å². The lowest BCUT2D eigenvalue weighted by Gasteiger charge is -2.05. The van der Waals surface area contributed by atoms with Crippen molar-refractivity contribution in [1.29, 1.82) is 0 Å². The van der Waals surface area contributed by atoms with E-state index in [2.05, 4.69) is 10.3 Å². The third-order valence-electron chi connectivity index (χ3n) is 4.67. The van der Waals surface area contributed by atoms with Crippen molar-refractivity contribution in [3.8, 4) is 5.75 Å². The van der Waals surface area contributed by atoms with E-state index in [0.29, 0.717) is 17.4 Å². The Balaban J connectivity index is 1.81. The number of carbonyl (C=O) groups excluding carboxylic acids is 2. The molecule has 30 heavy (non-hydrogen) atoms. The van der Waals surface area contributed by atoms with Crippen LogP contribution in [0.5, 0.6) is 5.75 Å². The Kier molecular flexibility index (Phi) is 6.26. The van der Waals surface area contributed by atoms with Gasteiger partial charge in [-0.25, -0.2) is 0 Å². The molecular weight excluding hydrogens is 386 g/mol. The fraction of sp³-hybridized carbons (Fsp3) is 0.182. The number of hydrogen-bond acceptors (Lipinski definition) is 5. The number of ketones is 1. The number of H-pyrrole nitrogens is 1. The fourth-order valence-electron chi connectivity index (χ4n) is 3.30. The predicted molar refractivity (Wildman–Crippen MR) is 114 cm³/mol. The Morgan fingerprint density at radius 3 is 2.57 bits per heavy atom. The largest absolute Gasteiger partial charge is 0.490 e. The highest BCUT2D eigenvalue weighted by Gasteiger charge is 2.25. The topological polar surface area (TPSA) is 114 Å². The van der Waals surface area contributed by atoms with Gasteiger partial charge in [-0.1, -0.05) is 30.3 Å². The first-order valence-corrected chi connectivity index (χ1v) is 9.30. The maximum Gasteiger partial charge on any atom is 0.334 e. The summed E-state index contributed by atoms with van der Waals surface area (Å²) >= 11 is 0. The molecule has 0 unspecified atom stereocenters. The van der Waals surface area contributed by atoms with Crippen molar-refractivity contribution < 1.29 is 19.2 Å². The number of nitro benzene ring substituents is 1. The van der Waals surface area contributed by atoms with Crippen LogP contribution in [0, 0.1) is 10.1 Å². The molecule has 8 heteroatoms. The number of hydrogen-bond donors (Lipinski definition) is 2. The molecule has 0 atom stereocenters. The van der Waals surface area contributed by atoms with Crippen LogP contribution in [0.1, 0.15) is 28.5 Å². The third kappa shape index (κ3) is 4.38. The molecule has 0 aliphatic carbocycles. The van der Waals surface area contributed by atoms with Crippen LogP contribution in [-0.2, 0) is 11.2 Å². The third-order valence-corrected chi connectivity index (χ3v) is 4.67. The van der Waals surface area contributed by atoms with Gasteiger partial charge in [0.15, 0.2) is 11.5 Å². The number of nitrogens with zero attached hydrogens (tertiary/aromatic N) is 1. The average Bonchev–Trinajstić information content (AvgIpc) is 3.11. The predicted octanol–water partition coefficient (Wildman–Crippen LogP) is 3.66. The molecule has 0 bridgehead atoms. The van der Waals surface area contributed by atoms with Crippen LogP contribution < -0.4 is 10.1 Å². The molecule has 0 aliphatic heterocycles. The molecule has 0 radical (unpaired) electrons. The molecule has 2 aromatic carbocycles. The quantitative estimate of drug-likeness (QED) is 0.256. The monoisotopic (exact) mass is 407 g/mol. The Hall–Kier alpha value is -3.94. The van der Waals surface area contributed by atoms with Crippen molar-refractivity contribution in [2.45, 2.75) is 13.3 Å². The number of nitrogens with one attached hydrogen (secondary N) is 2. The van der Waals surface area contributed by atoms with Gasteiger partial charge in [-0.15, -0.1) is 0 Å². The zero-order chi connectivity index (χ0) is 21.7. The van der Waals surface area contributed by atoms with Crippen LogP contribution in [0.25, 0.3) is 17.0 Å². The van der Waals surface area contributed by atoms with Gasteiger partial charge < -0.3 is 15.0 Å². The van der Waals surface area contributed by atoms with Crippen LogP contribution in [0.2, 0.25) is 0 Å². The van der Waals surface area contributed by atoms with E-state index in [1.54, 1.807) is 12.1 Å². The minimum absolute atomic E-state index is 0.106. The van der Waals surface area contributed by atoms with Crippen LogP contribution in [0.4, 0.5) is 5.69 Å². The van der Waals surface area contributed by atoms with Crippen LogP contribution in [0.3, 0.4) is 0 Å². The van der Waals surface area contributed by atoms with E-state index in [1.165, 1.54) is 26.2 Å². The van der Waals surface area contributed by atoms with E-state index in [1.807, 2.05) is 30.3 Å². The summed E-state index contributed by atoms with van der Waals surface area (Å²) in [6.45, 7) is 1.66. The number of aromatic amines is 1. The van der Waals surface area contributed by atoms with E-state index in [0.717, 1.165) is 5.56 Å². The van der Waals surface area contributed by atoms with Gasteiger partial charge in [0.1, 0.15) is 5.52 Å². The standard InChI is InChI=1S/C22H21N3O5/c1-14(26)20-17(12-13-23-19(27)11-8-15-6-4-3-5-7-15)16-9-10-18(30-2)22(25(28)29)21(16)24-20/h3-11,24H,12-13H2,1-2H3,(H,23,27). The van der Waals surface area contributed by atoms with E-state index >= 15 is 0 Å². The Morgan fingerprint density at radius 1 is 1.20 bits per heavy atom. The molecule has 0 aliphatic rings. The summed E-state index contributed by atoms with van der Waals surface area (Å²) in [6.07, 6.45) is 3.48. The Bertz CT molecular complexity index is 1130. The first-order chi connectivity index (χ1) is 14.4. The summed E-state index contributed by atoms with van der Waals surface area (Å²) in [7, 11) is 1.35. The molecule has 0 saturated heterocycles. The zero-order valence-corrected chi connectivity index (χ0v) is 16.6. The molecule has 2 N–H and O–H groups in total. The van der Waals surface area contributed by atoms with Crippen molar-refractivity contribution >= 4 is 34.4 Å². The van der Waals surface area contributed by atoms with Crippen LogP contribution in [0.15, 0.2) is 48.5 Å². The minimum atomic E-state index is -0.540. The second-order valence-corrected chi connectivity index (χ2v) is 6.62. The van der Waals surface area contributed by atoms with Gasteiger partial charge in [-0.05, 0) is 35.8 Å². The van der Waals surface area contributed by atoms with Crippen molar-refractivity contribution in [2.75, 3.05) is 13.7 Å². The summed E-state index contributed by atoms with van der Waals surface area (Å²) < 4.78 is 5.09. The first kappa shape index (κ1) is 20.8. The van der Waals surface area contributed by atoms with Crippen molar-refractivity contribution in [2.24, 2.45) is 0 Å². The average molecular weight is 407 g/mol. The normalized spacial score (nSPS) is 11.0. The molecule has 154 valence electrons. The molecule has 1 amide bonds. The number of nitro groups is 1. The van der Waals surface area contributed by atoms with Gasteiger partial charge >= 0.3 is 5.69 Å². The molecular formula is C22H21N3O5. The van der Waals surface area contributed by atoms with E-state index in [-0.39, 0.29) is 40.9 Å². The Labute approximate surface area is 172 Å². The molecule has 3 rings (SSSR count). The lowest BCUT2D eigenvalue weighted by Crippen LogP contribution is -2.23. The van der Waals surface area contributed by atoms with E-state index in [9.17, 15) is 19.7 Å². The van der Waals surface area contributed by atoms with Crippen molar-refractivity contribution in [3.63, 3.8) is 0 Å². The summed E-state index contributed by atoms with van der Waals surface area (Å²) in [4.78, 5) is 38.0. The lowest BCUT2D eigenvalue weighted by molar-refractivity contribution is -0.384. The van der Waals surface area contributed by atoms with Gasteiger partial charge in [-0.2, -0.15) is 0 Å². The second-order valence-electron chi connectivity index (χ2n) is 6.62. The lowest BCUT2D eigenvalue weighted by atomic mass is 10.0. The number of benzene rings is 2. The molecule has 0 fully saturated rings. The number of ether oxygens (including phenoxy) is 1. The maximum absolute atomic E-state index is 12.1. The summed E-state index contributed by atoms with van der Waals surface area (Å²) in [5.74, 6) is -0.407. The zero-order valence-electron chi connectivity index (χ0n) is 16.6. The first-order valence-electron chi connectivity index (χ1n) is 9.30. The van der Waals surface area contributed by atoms with Crippen molar-refractivity contribution in [3.05, 3.63) is 75.5 Å². The second kappa shape index (κ2) is 9.04. The highest BCUT2D eigenvalue weighted by atomic mass is 16.6. The van der Waals surface area contributed by atoms with Gasteiger partial charge in [0.05, 0.1) is 17.7 Å². The number of carbonyl (C=O) groups is 2. The number of fused-ring (bicyclic) bond motifs is 1. The smallest absolute Gasteiger partial charge is 0.334 e. The van der Waals surface area contributed by atoms with Crippen LogP contribution in [-0.4, -0.2) is 35.3 Å². The van der Waals surface area contributed by atoms with Gasteiger partial charge in [0, 0.05) is 24.9 Å². The van der Waals surface area contributed by atoms with Gasteiger partial charge in [-0.3, -0.25) is 19.7 Å². The molecule has 1 aromatic heterocycles. The van der Waals surface area contributed by atoms with Gasteiger partial charge in [0.25, 0.3) is 0 Å². The summed E-state index contributed by atoms with van der Waals surface area (Å²) in [5.41, 5.74) is 1.82. The number of amides is 1. The van der Waals surface area contributed by atoms with Crippen LogP contribution >= 0.6 is 0 Å². The number of methoxy groups -OCH3 is 1. The molecule has 1 heterocycles. The number of Topliss-reactive ketones (excluding diaryl/α,β-unsaturated/α-hetero) is 1. The highest BCUT2D eigenvalue weighted by Crippen LogP contribution is 2.37. The summed E-state index contributed by atoms with van der Waals surface area (Å²) in [6, 6.07) is 12.6. The molecule has 8 nitrogen and oxygen atoms in total. The van der Waals surface area contributed by atoms with E-state index in [4.69, 9.17) is 4.74 Å². The molecule has 3 aromatic rings. The maximum atomic E-state index is 12.1. The number of rotatable bonds is 8. The fourth-order valence-corrected chi connectivity index (χ4v) is 3.30. The molecule has 0 saturated carbocycles. The highest BCUT2D eigenvalue weighted by molar-refractivity contribution is 6.04. The van der Waals surface area contributed by atoms with E-state index < -0.39 is 4.92 Å². The summed E-state index contributed by atoms with van der Waals surface area (Å²) in [5, 5.41) is 14.9. The Morgan fingerprint density at radius 2 is 1.93 bits per heavy atom. The number of aromatic nitrogens is 1.